The summed E-state index contributed by atoms with van der Waals surface area (Å²) >= 11 is 0. The molecule has 0 aliphatic rings. The molecule has 0 spiro atoms. The Kier molecular flexibility index (Phi) is 2.77. The first-order valence-electron chi connectivity index (χ1n) is 4.63. The van der Waals surface area contributed by atoms with E-state index in [2.05, 4.69) is 25.4 Å². The number of hydrogen-bond donors (Lipinski definition) is 3. The van der Waals surface area contributed by atoms with E-state index in [0.29, 0.717) is 18.1 Å². The van der Waals surface area contributed by atoms with Crippen molar-refractivity contribution in [3.05, 3.63) is 30.1 Å². The van der Waals surface area contributed by atoms with Crippen molar-refractivity contribution in [2.45, 2.75) is 6.54 Å². The van der Waals surface area contributed by atoms with Crippen molar-refractivity contribution in [3.8, 4) is 0 Å². The Morgan fingerprint density at radius 3 is 2.88 bits per heavy atom. The predicted octanol–water partition coefficient (Wildman–Crippen LogP) is 1.25. The fourth-order valence-electron chi connectivity index (χ4n) is 1.15. The van der Waals surface area contributed by atoms with Crippen molar-refractivity contribution in [2.24, 2.45) is 10.2 Å². The summed E-state index contributed by atoms with van der Waals surface area (Å²) in [5.41, 5.74) is 12.4. The first-order chi connectivity index (χ1) is 7.77. The average molecular weight is 217 g/mol. The standard InChI is InChI=1S/C9H11N7/c10-8-7(9(11)16-15-8)14-13-5-6-2-1-3-12-4-6/h1-4H,5H2,(H5,10,11,15,16). The molecule has 82 valence electrons. The lowest BCUT2D eigenvalue weighted by molar-refractivity contribution is 0.951. The number of aromatic nitrogens is 3. The van der Waals surface area contributed by atoms with Crippen LogP contribution in [-0.4, -0.2) is 15.2 Å². The maximum absolute atomic E-state index is 5.56. The Morgan fingerprint density at radius 1 is 1.38 bits per heavy atom. The zero-order chi connectivity index (χ0) is 11.4. The van der Waals surface area contributed by atoms with Gasteiger partial charge in [-0.05, 0) is 11.6 Å². The molecule has 0 radical (unpaired) electrons. The third-order valence-electron chi connectivity index (χ3n) is 1.94. The molecular formula is C9H11N7. The van der Waals surface area contributed by atoms with E-state index in [0.717, 1.165) is 5.56 Å². The molecule has 7 nitrogen and oxygen atoms in total. The zero-order valence-corrected chi connectivity index (χ0v) is 8.46. The van der Waals surface area contributed by atoms with Crippen LogP contribution in [0.25, 0.3) is 0 Å². The van der Waals surface area contributed by atoms with Crippen molar-refractivity contribution < 1.29 is 0 Å². The third kappa shape index (κ3) is 2.14. The molecule has 0 bridgehead atoms. The van der Waals surface area contributed by atoms with Gasteiger partial charge >= 0.3 is 0 Å². The molecule has 0 unspecified atom stereocenters. The molecule has 2 heterocycles. The number of pyridine rings is 1. The molecule has 2 aromatic rings. The SMILES string of the molecule is Nc1n[nH]c(N)c1N=NCc1cccnc1. The van der Waals surface area contributed by atoms with E-state index in [1.807, 2.05) is 12.1 Å². The maximum Gasteiger partial charge on any atom is 0.175 e. The molecule has 0 fully saturated rings. The molecule has 0 saturated heterocycles. The minimum atomic E-state index is 0.243. The summed E-state index contributed by atoms with van der Waals surface area (Å²) in [5, 5.41) is 14.1. The maximum atomic E-state index is 5.56. The van der Waals surface area contributed by atoms with E-state index in [1.165, 1.54) is 0 Å². The summed E-state index contributed by atoms with van der Waals surface area (Å²) in [6.45, 7) is 0.428. The van der Waals surface area contributed by atoms with E-state index in [1.54, 1.807) is 12.4 Å². The first-order valence-corrected chi connectivity index (χ1v) is 4.63. The molecule has 2 rings (SSSR count). The number of aromatic amines is 1. The topological polar surface area (TPSA) is 118 Å². The molecule has 0 aromatic carbocycles. The van der Waals surface area contributed by atoms with Crippen molar-refractivity contribution in [2.75, 3.05) is 11.5 Å². The molecule has 2 aromatic heterocycles. The second-order valence-electron chi connectivity index (χ2n) is 3.13. The van der Waals surface area contributed by atoms with Gasteiger partial charge < -0.3 is 11.5 Å². The molecule has 0 atom stereocenters. The van der Waals surface area contributed by atoms with E-state index in [4.69, 9.17) is 11.5 Å². The lowest BCUT2D eigenvalue weighted by Gasteiger charge is -1.93. The summed E-state index contributed by atoms with van der Waals surface area (Å²) < 4.78 is 0. The van der Waals surface area contributed by atoms with Gasteiger partial charge in [0.25, 0.3) is 0 Å². The van der Waals surface area contributed by atoms with Gasteiger partial charge in [-0.15, -0.1) is 5.11 Å². The largest absolute Gasteiger partial charge is 0.382 e. The number of nitrogens with zero attached hydrogens (tertiary/aromatic N) is 4. The van der Waals surface area contributed by atoms with Gasteiger partial charge in [0, 0.05) is 12.4 Å². The molecule has 5 N–H and O–H groups in total. The van der Waals surface area contributed by atoms with Gasteiger partial charge in [-0.25, -0.2) is 0 Å². The fraction of sp³-hybridized carbons (Fsp3) is 0.111. The minimum absolute atomic E-state index is 0.243. The van der Waals surface area contributed by atoms with Crippen LogP contribution in [0.3, 0.4) is 0 Å². The lowest BCUT2D eigenvalue weighted by Crippen LogP contribution is -1.85. The van der Waals surface area contributed by atoms with E-state index < -0.39 is 0 Å². The highest BCUT2D eigenvalue weighted by Gasteiger charge is 2.05. The number of H-pyrrole nitrogens is 1. The van der Waals surface area contributed by atoms with Gasteiger partial charge in [0.2, 0.25) is 0 Å². The Balaban J connectivity index is 2.06. The number of nitrogens with one attached hydrogen (secondary N) is 1. The highest BCUT2D eigenvalue weighted by Crippen LogP contribution is 2.26. The van der Waals surface area contributed by atoms with Gasteiger partial charge in [-0.2, -0.15) is 10.2 Å². The summed E-state index contributed by atoms with van der Waals surface area (Å²) in [6, 6.07) is 3.75. The van der Waals surface area contributed by atoms with Gasteiger partial charge in [0.05, 0.1) is 6.54 Å². The quantitative estimate of drug-likeness (QED) is 0.670. The Labute approximate surface area is 91.6 Å². The lowest BCUT2D eigenvalue weighted by atomic mass is 10.3. The van der Waals surface area contributed by atoms with Crippen molar-refractivity contribution >= 4 is 17.3 Å². The van der Waals surface area contributed by atoms with Crippen LogP contribution in [0.15, 0.2) is 34.8 Å². The summed E-state index contributed by atoms with van der Waals surface area (Å²) in [7, 11) is 0. The number of rotatable bonds is 3. The van der Waals surface area contributed by atoms with Gasteiger partial charge in [0.1, 0.15) is 5.82 Å². The van der Waals surface area contributed by atoms with Crippen LogP contribution in [0.4, 0.5) is 17.3 Å². The van der Waals surface area contributed by atoms with Crippen LogP contribution in [0.1, 0.15) is 5.56 Å². The van der Waals surface area contributed by atoms with Crippen molar-refractivity contribution in [1.82, 2.24) is 15.2 Å². The van der Waals surface area contributed by atoms with Gasteiger partial charge in [-0.3, -0.25) is 10.1 Å². The Hall–Kier alpha value is -2.44. The summed E-state index contributed by atoms with van der Waals surface area (Å²) in [6.07, 6.45) is 3.42. The third-order valence-corrected chi connectivity index (χ3v) is 1.94. The molecule has 0 aliphatic carbocycles. The van der Waals surface area contributed by atoms with Crippen LogP contribution in [0, 0.1) is 0 Å². The van der Waals surface area contributed by atoms with E-state index in [9.17, 15) is 0 Å². The van der Waals surface area contributed by atoms with Crippen LogP contribution >= 0.6 is 0 Å². The number of nitrogens with two attached hydrogens (primary N) is 2. The number of anilines is 2. The van der Waals surface area contributed by atoms with Gasteiger partial charge in [0.15, 0.2) is 11.5 Å². The number of azo groups is 1. The van der Waals surface area contributed by atoms with Crippen LogP contribution in [0.5, 0.6) is 0 Å². The molecule has 16 heavy (non-hydrogen) atoms. The highest BCUT2D eigenvalue weighted by molar-refractivity contribution is 5.69. The second kappa shape index (κ2) is 4.39. The molecular weight excluding hydrogens is 206 g/mol. The Morgan fingerprint density at radius 2 is 2.25 bits per heavy atom. The summed E-state index contributed by atoms with van der Waals surface area (Å²) in [5.74, 6) is 0.555. The van der Waals surface area contributed by atoms with Crippen molar-refractivity contribution in [3.63, 3.8) is 0 Å². The van der Waals surface area contributed by atoms with Gasteiger partial charge in [-0.1, -0.05) is 6.07 Å². The normalized spacial score (nSPS) is 11.0. The van der Waals surface area contributed by atoms with Crippen molar-refractivity contribution in [1.29, 1.82) is 0 Å². The number of nitrogen functional groups attached to an aromatic ring is 2. The van der Waals surface area contributed by atoms with E-state index >= 15 is 0 Å². The predicted molar refractivity (Wildman–Crippen MR) is 59.9 cm³/mol. The van der Waals surface area contributed by atoms with Crippen LogP contribution in [0.2, 0.25) is 0 Å². The molecule has 7 heteroatoms. The first kappa shape index (κ1) is 10.1. The smallest absolute Gasteiger partial charge is 0.175 e. The number of hydrogen-bond acceptors (Lipinski definition) is 6. The molecule has 0 aliphatic heterocycles. The molecule has 0 amide bonds. The molecule has 0 saturated carbocycles. The highest BCUT2D eigenvalue weighted by atomic mass is 15.2. The monoisotopic (exact) mass is 217 g/mol. The fourth-order valence-corrected chi connectivity index (χ4v) is 1.15. The van der Waals surface area contributed by atoms with E-state index in [-0.39, 0.29) is 5.82 Å². The average Bonchev–Trinajstić information content (AvgIpc) is 2.62. The second-order valence-corrected chi connectivity index (χ2v) is 3.13. The van der Waals surface area contributed by atoms with Crippen LogP contribution in [-0.2, 0) is 6.54 Å². The van der Waals surface area contributed by atoms with Crippen LogP contribution < -0.4 is 11.5 Å². The zero-order valence-electron chi connectivity index (χ0n) is 8.46. The minimum Gasteiger partial charge on any atom is -0.382 e. The summed E-state index contributed by atoms with van der Waals surface area (Å²) in [4.78, 5) is 3.97. The Bertz CT molecular complexity index is 468.